The minimum atomic E-state index is -0.497. The summed E-state index contributed by atoms with van der Waals surface area (Å²) in [5.74, 6) is -2.18. The summed E-state index contributed by atoms with van der Waals surface area (Å²) in [4.78, 5) is 67.4. The molecule has 0 unspecified atom stereocenters. The number of carbonyl (C=O) groups is 5. The number of amides is 4. The number of fused-ring (bicyclic) bond motifs is 2. The van der Waals surface area contributed by atoms with Gasteiger partial charge in [-0.15, -0.1) is 0 Å². The first-order valence-corrected chi connectivity index (χ1v) is 12.1. The lowest BCUT2D eigenvalue weighted by molar-refractivity contribution is 0.0608. The number of benzene rings is 3. The maximum atomic E-state index is 13.3. The molecule has 0 N–H and O–H groups in total. The summed E-state index contributed by atoms with van der Waals surface area (Å²) in [6.07, 6.45) is 0. The molecule has 0 fully saturated rings. The first-order valence-electron chi connectivity index (χ1n) is 12.1. The van der Waals surface area contributed by atoms with Gasteiger partial charge < -0.3 is 0 Å². The number of rotatable bonds is 4. The molecule has 2 aliphatic heterocycles. The third kappa shape index (κ3) is 3.78. The SMILES string of the molecule is CC(C)N1C(=O)c2ccc(C(=O)c3ccc4c(c3)C(=O)N(c3cccc(C(C)(C)C)c3)C4=O)cc2C1=O. The Kier molecular flexibility index (Phi) is 5.48. The van der Waals surface area contributed by atoms with Crippen molar-refractivity contribution in [2.75, 3.05) is 4.90 Å². The van der Waals surface area contributed by atoms with E-state index in [9.17, 15) is 24.0 Å². The van der Waals surface area contributed by atoms with E-state index in [0.29, 0.717) is 5.69 Å². The van der Waals surface area contributed by atoms with Crippen molar-refractivity contribution in [3.63, 3.8) is 0 Å². The molecule has 0 saturated heterocycles. The zero-order valence-electron chi connectivity index (χ0n) is 21.3. The molecule has 4 amide bonds. The standard InChI is InChI=1S/C30H26N2O5/c1-16(2)31-26(34)21-11-9-17(13-23(21)28(31)36)25(33)18-10-12-22-24(14-18)29(37)32(27(22)35)20-8-6-7-19(15-20)30(3,4)5/h6-16H,1-5H3. The highest BCUT2D eigenvalue weighted by Gasteiger charge is 2.39. The first-order chi connectivity index (χ1) is 17.4. The van der Waals surface area contributed by atoms with Gasteiger partial charge in [0.05, 0.1) is 27.9 Å². The molecule has 0 aromatic heterocycles. The van der Waals surface area contributed by atoms with Crippen molar-refractivity contribution in [2.45, 2.75) is 46.1 Å². The van der Waals surface area contributed by atoms with E-state index >= 15 is 0 Å². The van der Waals surface area contributed by atoms with Gasteiger partial charge in [-0.25, -0.2) is 4.90 Å². The fourth-order valence-electron chi connectivity index (χ4n) is 4.76. The fraction of sp³-hybridized carbons (Fsp3) is 0.233. The Bertz CT molecular complexity index is 1540. The molecule has 0 spiro atoms. The second-order valence-corrected chi connectivity index (χ2v) is 10.7. The summed E-state index contributed by atoms with van der Waals surface area (Å²) in [7, 11) is 0. The molecule has 7 nitrogen and oxygen atoms in total. The van der Waals surface area contributed by atoms with Crippen LogP contribution in [-0.4, -0.2) is 40.4 Å². The molecular weight excluding hydrogens is 468 g/mol. The molecule has 0 saturated carbocycles. The minimum absolute atomic E-state index is 0.149. The molecule has 0 aliphatic carbocycles. The lowest BCUT2D eigenvalue weighted by atomic mass is 9.87. The van der Waals surface area contributed by atoms with Crippen molar-refractivity contribution in [3.05, 3.63) is 99.6 Å². The number of ketones is 1. The molecule has 37 heavy (non-hydrogen) atoms. The van der Waals surface area contributed by atoms with Crippen molar-refractivity contribution >= 4 is 35.1 Å². The van der Waals surface area contributed by atoms with Crippen molar-refractivity contribution < 1.29 is 24.0 Å². The Labute approximate surface area is 214 Å². The van der Waals surface area contributed by atoms with Crippen molar-refractivity contribution in [2.24, 2.45) is 0 Å². The number of hydrogen-bond donors (Lipinski definition) is 0. The van der Waals surface area contributed by atoms with Gasteiger partial charge >= 0.3 is 0 Å². The van der Waals surface area contributed by atoms with Crippen molar-refractivity contribution in [1.82, 2.24) is 4.90 Å². The molecule has 0 bridgehead atoms. The van der Waals surface area contributed by atoms with Crippen LogP contribution in [0.1, 0.15) is 97.5 Å². The van der Waals surface area contributed by atoms with Gasteiger partial charge in [-0.1, -0.05) is 45.0 Å². The summed E-state index contributed by atoms with van der Waals surface area (Å²) in [5.41, 5.74) is 2.54. The van der Waals surface area contributed by atoms with Gasteiger partial charge in [0, 0.05) is 17.2 Å². The Morgan fingerprint density at radius 2 is 1.19 bits per heavy atom. The smallest absolute Gasteiger partial charge is 0.266 e. The van der Waals surface area contributed by atoms with Crippen molar-refractivity contribution in [1.29, 1.82) is 0 Å². The molecule has 186 valence electrons. The van der Waals surface area contributed by atoms with Crippen LogP contribution in [0.15, 0.2) is 60.7 Å². The summed E-state index contributed by atoms with van der Waals surface area (Å²) in [6, 6.07) is 15.8. The topological polar surface area (TPSA) is 91.8 Å². The molecule has 0 radical (unpaired) electrons. The van der Waals surface area contributed by atoms with Crippen LogP contribution < -0.4 is 4.90 Å². The largest absolute Gasteiger partial charge is 0.289 e. The minimum Gasteiger partial charge on any atom is -0.289 e. The molecule has 2 aliphatic rings. The lowest BCUT2D eigenvalue weighted by Gasteiger charge is -2.22. The Morgan fingerprint density at radius 3 is 1.76 bits per heavy atom. The summed E-state index contributed by atoms with van der Waals surface area (Å²) in [5, 5.41) is 0. The highest BCUT2D eigenvalue weighted by molar-refractivity contribution is 6.35. The number of nitrogens with zero attached hydrogens (tertiary/aromatic N) is 2. The Hall–Kier alpha value is -4.39. The predicted molar refractivity (Wildman–Crippen MR) is 138 cm³/mol. The van der Waals surface area contributed by atoms with Crippen LogP contribution in [0.25, 0.3) is 0 Å². The highest BCUT2D eigenvalue weighted by Crippen LogP contribution is 2.33. The maximum absolute atomic E-state index is 13.3. The van der Waals surface area contributed by atoms with Crippen LogP contribution in [0.3, 0.4) is 0 Å². The van der Waals surface area contributed by atoms with Gasteiger partial charge in [-0.2, -0.15) is 0 Å². The van der Waals surface area contributed by atoms with Crippen LogP contribution in [-0.2, 0) is 5.41 Å². The number of hydrogen-bond acceptors (Lipinski definition) is 5. The second kappa shape index (κ2) is 8.34. The lowest BCUT2D eigenvalue weighted by Crippen LogP contribution is -2.35. The van der Waals surface area contributed by atoms with Crippen molar-refractivity contribution in [3.8, 4) is 0 Å². The predicted octanol–water partition coefficient (Wildman–Crippen LogP) is 5.02. The van der Waals surface area contributed by atoms with E-state index < -0.39 is 23.5 Å². The Balaban J connectivity index is 1.48. The zero-order chi connectivity index (χ0) is 26.8. The van der Waals surface area contributed by atoms with Gasteiger partial charge in [0.2, 0.25) is 0 Å². The third-order valence-corrected chi connectivity index (χ3v) is 6.82. The Morgan fingerprint density at radius 1 is 0.676 bits per heavy atom. The number of imide groups is 2. The first kappa shape index (κ1) is 24.3. The zero-order valence-corrected chi connectivity index (χ0v) is 21.3. The second-order valence-electron chi connectivity index (χ2n) is 10.7. The normalized spacial score (nSPS) is 15.1. The monoisotopic (exact) mass is 494 g/mol. The molecular formula is C30H26N2O5. The summed E-state index contributed by atoms with van der Waals surface area (Å²) < 4.78 is 0. The van der Waals surface area contributed by atoms with Gasteiger partial charge in [-0.05, 0) is 61.2 Å². The van der Waals surface area contributed by atoms with Gasteiger partial charge in [0.1, 0.15) is 0 Å². The average Bonchev–Trinajstić information content (AvgIpc) is 3.26. The molecule has 3 aromatic rings. The van der Waals surface area contributed by atoms with E-state index in [2.05, 4.69) is 20.8 Å². The van der Waals surface area contributed by atoms with E-state index in [1.807, 2.05) is 18.2 Å². The van der Waals surface area contributed by atoms with Gasteiger partial charge in [0.25, 0.3) is 23.6 Å². The van der Waals surface area contributed by atoms with Gasteiger partial charge in [0.15, 0.2) is 5.78 Å². The number of anilines is 1. The highest BCUT2D eigenvalue weighted by atomic mass is 16.2. The van der Waals surface area contributed by atoms with Crippen LogP contribution >= 0.6 is 0 Å². The van der Waals surface area contributed by atoms with E-state index in [1.54, 1.807) is 19.9 Å². The van der Waals surface area contributed by atoms with E-state index in [-0.39, 0.29) is 50.7 Å². The van der Waals surface area contributed by atoms with Crippen LogP contribution in [0, 0.1) is 0 Å². The van der Waals surface area contributed by atoms with Gasteiger partial charge in [-0.3, -0.25) is 28.9 Å². The van der Waals surface area contributed by atoms with E-state index in [0.717, 1.165) is 10.5 Å². The van der Waals surface area contributed by atoms with Crippen LogP contribution in [0.5, 0.6) is 0 Å². The molecule has 0 atom stereocenters. The molecule has 2 heterocycles. The van der Waals surface area contributed by atoms with Crippen LogP contribution in [0.4, 0.5) is 5.69 Å². The van der Waals surface area contributed by atoms with E-state index in [1.165, 1.54) is 41.3 Å². The average molecular weight is 495 g/mol. The molecule has 5 rings (SSSR count). The quantitative estimate of drug-likeness (QED) is 0.375. The number of carbonyl (C=O) groups excluding carboxylic acids is 5. The molecule has 7 heteroatoms. The fourth-order valence-corrected chi connectivity index (χ4v) is 4.76. The maximum Gasteiger partial charge on any atom is 0.266 e. The molecule has 3 aromatic carbocycles. The van der Waals surface area contributed by atoms with E-state index in [4.69, 9.17) is 0 Å². The third-order valence-electron chi connectivity index (χ3n) is 6.82. The summed E-state index contributed by atoms with van der Waals surface area (Å²) in [6.45, 7) is 9.65. The van der Waals surface area contributed by atoms with Crippen LogP contribution in [0.2, 0.25) is 0 Å². The summed E-state index contributed by atoms with van der Waals surface area (Å²) >= 11 is 0.